The van der Waals surface area contributed by atoms with Gasteiger partial charge in [-0.15, -0.1) is 5.10 Å². The van der Waals surface area contributed by atoms with Crippen LogP contribution in [0, 0.1) is 5.41 Å². The summed E-state index contributed by atoms with van der Waals surface area (Å²) in [7, 11) is 0. The van der Waals surface area contributed by atoms with E-state index in [4.69, 9.17) is 27.9 Å². The lowest BCUT2D eigenvalue weighted by atomic mass is 9.85. The molecule has 14 heteroatoms. The van der Waals surface area contributed by atoms with Crippen LogP contribution in [0.1, 0.15) is 38.5 Å². The van der Waals surface area contributed by atoms with Crippen LogP contribution in [-0.2, 0) is 4.74 Å². The first-order valence-electron chi connectivity index (χ1n) is 9.23. The van der Waals surface area contributed by atoms with E-state index in [1.54, 1.807) is 0 Å². The Morgan fingerprint density at radius 3 is 2.62 bits per heavy atom. The van der Waals surface area contributed by atoms with E-state index in [1.165, 1.54) is 35.2 Å². The third-order valence-electron chi connectivity index (χ3n) is 4.60. The van der Waals surface area contributed by atoms with E-state index in [1.807, 2.05) is 0 Å². The Labute approximate surface area is 190 Å². The maximum absolute atomic E-state index is 13.3. The van der Waals surface area contributed by atoms with Crippen LogP contribution in [0.5, 0.6) is 0 Å². The lowest BCUT2D eigenvalue weighted by molar-refractivity contribution is -0.215. The third-order valence-corrected chi connectivity index (χ3v) is 5.01. The van der Waals surface area contributed by atoms with Gasteiger partial charge in [-0.25, -0.2) is 19.7 Å². The second-order valence-electron chi connectivity index (χ2n) is 7.47. The molecule has 1 atom stereocenters. The second kappa shape index (κ2) is 9.33. The number of imidazole rings is 1. The number of hydrogen-bond acceptors (Lipinski definition) is 7. The van der Waals surface area contributed by atoms with Crippen LogP contribution in [0.3, 0.4) is 0 Å². The molecule has 0 saturated heterocycles. The molecule has 0 radical (unpaired) electrons. The highest BCUT2D eigenvalue weighted by atomic mass is 35.5. The predicted molar refractivity (Wildman–Crippen MR) is 110 cm³/mol. The number of rotatable bonds is 7. The molecule has 172 valence electrons. The SMILES string of the molecule is CC(C)(CC[C@H](OC(=O)NNc1cc(Cl)cnn1)c1cn2ncc(Cl)cc2n1)C(F)(F)F. The number of ether oxygens (including phenoxy) is 1. The van der Waals surface area contributed by atoms with Crippen molar-refractivity contribution in [3.63, 3.8) is 0 Å². The van der Waals surface area contributed by atoms with Crippen LogP contribution in [0.25, 0.3) is 5.65 Å². The lowest BCUT2D eigenvalue weighted by Crippen LogP contribution is -2.34. The summed E-state index contributed by atoms with van der Waals surface area (Å²) in [5.74, 6) is 0.135. The van der Waals surface area contributed by atoms with E-state index in [-0.39, 0.29) is 29.4 Å². The molecule has 0 saturated carbocycles. The Morgan fingerprint density at radius 1 is 1.22 bits per heavy atom. The van der Waals surface area contributed by atoms with Crippen molar-refractivity contribution in [3.8, 4) is 0 Å². The Bertz CT molecular complexity index is 1110. The summed E-state index contributed by atoms with van der Waals surface area (Å²) in [6.07, 6.45) is -2.81. The minimum atomic E-state index is -4.43. The summed E-state index contributed by atoms with van der Waals surface area (Å²) in [5, 5.41) is 12.0. The molecule has 0 aromatic carbocycles. The number of anilines is 1. The molecular formula is C18H18Cl2F3N7O2. The second-order valence-corrected chi connectivity index (χ2v) is 8.34. The normalized spacial score (nSPS) is 13.1. The minimum absolute atomic E-state index is 0.135. The van der Waals surface area contributed by atoms with Gasteiger partial charge >= 0.3 is 12.3 Å². The third kappa shape index (κ3) is 5.88. The van der Waals surface area contributed by atoms with Crippen molar-refractivity contribution in [1.82, 2.24) is 30.2 Å². The van der Waals surface area contributed by atoms with Gasteiger partial charge in [0, 0.05) is 12.1 Å². The van der Waals surface area contributed by atoms with Crippen molar-refractivity contribution in [1.29, 1.82) is 0 Å². The van der Waals surface area contributed by atoms with Gasteiger partial charge in [-0.05, 0) is 12.8 Å². The van der Waals surface area contributed by atoms with Crippen molar-refractivity contribution >= 4 is 40.8 Å². The van der Waals surface area contributed by atoms with Gasteiger partial charge in [-0.1, -0.05) is 37.0 Å². The molecule has 0 aliphatic heterocycles. The van der Waals surface area contributed by atoms with E-state index in [0.29, 0.717) is 10.7 Å². The predicted octanol–water partition coefficient (Wildman–Crippen LogP) is 4.99. The number of nitrogens with one attached hydrogen (secondary N) is 2. The monoisotopic (exact) mass is 491 g/mol. The first-order valence-corrected chi connectivity index (χ1v) is 9.99. The first-order chi connectivity index (χ1) is 14.9. The summed E-state index contributed by atoms with van der Waals surface area (Å²) < 4.78 is 46.6. The van der Waals surface area contributed by atoms with Gasteiger partial charge in [-0.3, -0.25) is 5.43 Å². The highest BCUT2D eigenvalue weighted by Gasteiger charge is 2.47. The Balaban J connectivity index is 1.76. The van der Waals surface area contributed by atoms with Gasteiger partial charge in [0.15, 0.2) is 11.5 Å². The molecule has 0 spiro atoms. The van der Waals surface area contributed by atoms with Gasteiger partial charge in [0.2, 0.25) is 0 Å². The molecule has 0 fully saturated rings. The summed E-state index contributed by atoms with van der Waals surface area (Å²) in [4.78, 5) is 16.6. The van der Waals surface area contributed by atoms with E-state index in [2.05, 4.69) is 31.1 Å². The topological polar surface area (TPSA) is 106 Å². The lowest BCUT2D eigenvalue weighted by Gasteiger charge is -2.29. The van der Waals surface area contributed by atoms with Gasteiger partial charge in [0.25, 0.3) is 0 Å². The van der Waals surface area contributed by atoms with Crippen LogP contribution < -0.4 is 10.9 Å². The highest BCUT2D eigenvalue weighted by Crippen LogP contribution is 2.42. The van der Waals surface area contributed by atoms with Gasteiger partial charge in [-0.2, -0.15) is 23.4 Å². The van der Waals surface area contributed by atoms with Crippen molar-refractivity contribution in [2.24, 2.45) is 5.41 Å². The summed E-state index contributed by atoms with van der Waals surface area (Å²) in [6.45, 7) is 2.16. The number of hydrazine groups is 1. The number of hydrogen-bond donors (Lipinski definition) is 2. The molecule has 32 heavy (non-hydrogen) atoms. The van der Waals surface area contributed by atoms with E-state index >= 15 is 0 Å². The molecule has 0 bridgehead atoms. The molecule has 3 heterocycles. The molecule has 2 N–H and O–H groups in total. The molecular weight excluding hydrogens is 474 g/mol. The number of carbonyl (C=O) groups is 1. The average Bonchev–Trinajstić information content (AvgIpc) is 3.11. The number of fused-ring (bicyclic) bond motifs is 1. The zero-order chi connectivity index (χ0) is 23.5. The smallest absolute Gasteiger partial charge is 0.426 e. The Morgan fingerprint density at radius 2 is 1.94 bits per heavy atom. The van der Waals surface area contributed by atoms with Crippen LogP contribution >= 0.6 is 23.2 Å². The number of carbonyl (C=O) groups excluding carboxylic acids is 1. The first kappa shape index (κ1) is 23.8. The molecule has 1 amide bonds. The average molecular weight is 492 g/mol. The fourth-order valence-electron chi connectivity index (χ4n) is 2.61. The molecule has 0 unspecified atom stereocenters. The number of nitrogens with zero attached hydrogens (tertiary/aromatic N) is 5. The molecule has 9 nitrogen and oxygen atoms in total. The molecule has 3 aromatic heterocycles. The quantitative estimate of drug-likeness (QED) is 0.448. The van der Waals surface area contributed by atoms with Crippen LogP contribution in [0.15, 0.2) is 30.7 Å². The minimum Gasteiger partial charge on any atom is -0.438 e. The maximum atomic E-state index is 13.3. The van der Waals surface area contributed by atoms with Crippen LogP contribution in [-0.4, -0.2) is 37.1 Å². The Hall–Kier alpha value is -2.86. The molecule has 0 aliphatic carbocycles. The molecule has 3 aromatic rings. The zero-order valence-electron chi connectivity index (χ0n) is 16.8. The van der Waals surface area contributed by atoms with Crippen LogP contribution in [0.4, 0.5) is 23.8 Å². The molecule has 0 aliphatic rings. The van der Waals surface area contributed by atoms with Crippen molar-refractivity contribution in [2.75, 3.05) is 5.43 Å². The van der Waals surface area contributed by atoms with Crippen molar-refractivity contribution in [3.05, 3.63) is 46.5 Å². The van der Waals surface area contributed by atoms with Gasteiger partial charge < -0.3 is 4.74 Å². The maximum Gasteiger partial charge on any atom is 0.426 e. The van der Waals surface area contributed by atoms with Crippen LogP contribution in [0.2, 0.25) is 10.0 Å². The fourth-order valence-corrected chi connectivity index (χ4v) is 2.89. The standard InChI is InChI=1S/C18H18Cl2F3N7O2/c1-17(2,18(21,22)23)4-3-13(12-9-30-15(26-12)6-11(20)8-25-30)32-16(31)29-28-14-5-10(19)7-24-27-14/h5-9,13H,3-4H2,1-2H3,(H,27,28)(H,29,31)/t13-/m0/s1. The van der Waals surface area contributed by atoms with Gasteiger partial charge in [0.05, 0.1) is 34.1 Å². The summed E-state index contributed by atoms with van der Waals surface area (Å²) in [6, 6.07) is 2.92. The van der Waals surface area contributed by atoms with Gasteiger partial charge in [0.1, 0.15) is 11.8 Å². The zero-order valence-corrected chi connectivity index (χ0v) is 18.3. The number of aromatic nitrogens is 5. The fraction of sp³-hybridized carbons (Fsp3) is 0.389. The van der Waals surface area contributed by atoms with E-state index in [0.717, 1.165) is 13.8 Å². The number of alkyl halides is 3. The van der Waals surface area contributed by atoms with Crippen molar-refractivity contribution < 1.29 is 22.7 Å². The molecule has 3 rings (SSSR count). The number of halogens is 5. The van der Waals surface area contributed by atoms with E-state index in [9.17, 15) is 18.0 Å². The van der Waals surface area contributed by atoms with Crippen molar-refractivity contribution in [2.45, 2.75) is 39.0 Å². The summed E-state index contributed by atoms with van der Waals surface area (Å²) in [5.41, 5.74) is 3.25. The highest BCUT2D eigenvalue weighted by molar-refractivity contribution is 6.30. The summed E-state index contributed by atoms with van der Waals surface area (Å²) >= 11 is 11.7. The largest absolute Gasteiger partial charge is 0.438 e. The van der Waals surface area contributed by atoms with E-state index < -0.39 is 23.8 Å². The number of amides is 1. The Kier molecular flexibility index (Phi) is 6.94.